The van der Waals surface area contributed by atoms with Crippen molar-refractivity contribution in [3.05, 3.63) is 4.88 Å². The van der Waals surface area contributed by atoms with Crippen LogP contribution in [0.2, 0.25) is 0 Å². The summed E-state index contributed by atoms with van der Waals surface area (Å²) in [7, 11) is 3.88. The molecule has 1 fully saturated rings. The first-order chi connectivity index (χ1) is 9.06. The number of aromatic nitrogens is 1. The molecule has 1 atom stereocenters. The molecule has 7 heteroatoms. The second-order valence-corrected chi connectivity index (χ2v) is 5.78. The smallest absolute Gasteiger partial charge is 0.267 e. The van der Waals surface area contributed by atoms with Gasteiger partial charge in [-0.1, -0.05) is 18.3 Å². The minimum absolute atomic E-state index is 0.00282. The lowest BCUT2D eigenvalue weighted by molar-refractivity contribution is 0.0547. The van der Waals surface area contributed by atoms with Gasteiger partial charge in [-0.25, -0.2) is 4.98 Å². The maximum absolute atomic E-state index is 12.5. The number of carbonyl (C=O) groups excluding carboxylic acids is 1. The largest absolute Gasteiger partial charge is 0.382 e. The van der Waals surface area contributed by atoms with E-state index in [9.17, 15) is 4.79 Å². The Morgan fingerprint density at radius 2 is 2.32 bits per heavy atom. The lowest BCUT2D eigenvalue weighted by Crippen LogP contribution is -2.52. The molecule has 19 heavy (non-hydrogen) atoms. The molecule has 3 N–H and O–H groups in total. The van der Waals surface area contributed by atoms with Crippen molar-refractivity contribution in [1.82, 2.24) is 14.8 Å². The van der Waals surface area contributed by atoms with Crippen LogP contribution in [0.15, 0.2) is 0 Å². The number of rotatable bonds is 3. The van der Waals surface area contributed by atoms with E-state index in [2.05, 4.69) is 29.2 Å². The molecule has 1 unspecified atom stereocenters. The van der Waals surface area contributed by atoms with Crippen molar-refractivity contribution in [3.63, 3.8) is 0 Å². The van der Waals surface area contributed by atoms with Crippen LogP contribution in [-0.4, -0.2) is 60.5 Å². The van der Waals surface area contributed by atoms with Gasteiger partial charge in [-0.15, -0.1) is 0 Å². The molecular formula is C12H21N5OS. The first kappa shape index (κ1) is 14.1. The zero-order valence-electron chi connectivity index (χ0n) is 11.6. The first-order valence-electron chi connectivity index (χ1n) is 6.50. The zero-order valence-corrected chi connectivity index (χ0v) is 12.5. The number of anilines is 2. The number of piperazine rings is 1. The molecule has 1 aliphatic rings. The molecule has 2 rings (SSSR count). The molecule has 0 bridgehead atoms. The summed E-state index contributed by atoms with van der Waals surface area (Å²) in [6.07, 6.45) is 1.04. The number of amides is 1. The summed E-state index contributed by atoms with van der Waals surface area (Å²) in [4.78, 5) is 21.4. The molecule has 0 radical (unpaired) electrons. The van der Waals surface area contributed by atoms with Crippen molar-refractivity contribution in [1.29, 1.82) is 0 Å². The first-order valence-corrected chi connectivity index (χ1v) is 7.32. The van der Waals surface area contributed by atoms with Crippen molar-refractivity contribution in [3.8, 4) is 0 Å². The van der Waals surface area contributed by atoms with Crippen LogP contribution >= 0.6 is 11.3 Å². The number of nitrogens with two attached hydrogens (primary N) is 1. The molecule has 0 saturated carbocycles. The van der Waals surface area contributed by atoms with E-state index in [4.69, 9.17) is 5.73 Å². The number of hydrogen-bond acceptors (Lipinski definition) is 6. The third-order valence-corrected chi connectivity index (χ3v) is 4.67. The highest BCUT2D eigenvalue weighted by molar-refractivity contribution is 7.18. The fraction of sp³-hybridized carbons (Fsp3) is 0.667. The van der Waals surface area contributed by atoms with Crippen LogP contribution < -0.4 is 11.1 Å². The Bertz CT molecular complexity index is 461. The fourth-order valence-corrected chi connectivity index (χ4v) is 3.11. The van der Waals surface area contributed by atoms with Crippen LogP contribution in [0.25, 0.3) is 0 Å². The van der Waals surface area contributed by atoms with Gasteiger partial charge in [0.05, 0.1) is 0 Å². The summed E-state index contributed by atoms with van der Waals surface area (Å²) < 4.78 is 0. The Kier molecular flexibility index (Phi) is 4.26. The Balaban J connectivity index is 2.13. The quantitative estimate of drug-likeness (QED) is 0.863. The Labute approximate surface area is 117 Å². The minimum atomic E-state index is 0.00282. The van der Waals surface area contributed by atoms with E-state index in [0.717, 1.165) is 26.1 Å². The van der Waals surface area contributed by atoms with E-state index in [1.807, 2.05) is 4.90 Å². The Morgan fingerprint density at radius 3 is 2.89 bits per heavy atom. The molecular weight excluding hydrogens is 262 g/mol. The summed E-state index contributed by atoms with van der Waals surface area (Å²) in [5, 5.41) is 3.60. The van der Waals surface area contributed by atoms with Crippen LogP contribution in [0.4, 0.5) is 10.9 Å². The Hall–Kier alpha value is -1.34. The van der Waals surface area contributed by atoms with E-state index < -0.39 is 0 Å². The lowest BCUT2D eigenvalue weighted by Gasteiger charge is -2.38. The number of nitrogens with one attached hydrogen (secondary N) is 1. The number of thiazole rings is 1. The van der Waals surface area contributed by atoms with E-state index in [0.29, 0.717) is 21.9 Å². The number of nitrogen functional groups attached to an aromatic ring is 1. The molecule has 1 aromatic rings. The summed E-state index contributed by atoms with van der Waals surface area (Å²) in [5.41, 5.74) is 5.82. The van der Waals surface area contributed by atoms with E-state index >= 15 is 0 Å². The van der Waals surface area contributed by atoms with E-state index in [1.165, 1.54) is 11.3 Å². The maximum atomic E-state index is 12.5. The molecule has 1 saturated heterocycles. The van der Waals surface area contributed by atoms with Gasteiger partial charge in [-0.3, -0.25) is 9.69 Å². The van der Waals surface area contributed by atoms with Gasteiger partial charge in [-0.2, -0.15) is 0 Å². The van der Waals surface area contributed by atoms with Crippen molar-refractivity contribution >= 4 is 28.2 Å². The molecule has 1 aliphatic heterocycles. The second-order valence-electron chi connectivity index (χ2n) is 4.78. The SMILES string of the molecule is CCC1CN(C(=O)c2sc(NC)nc2N)CCN1C. The molecule has 2 heterocycles. The van der Waals surface area contributed by atoms with Crippen molar-refractivity contribution in [2.75, 3.05) is 44.8 Å². The van der Waals surface area contributed by atoms with Gasteiger partial charge < -0.3 is 16.0 Å². The summed E-state index contributed by atoms with van der Waals surface area (Å²) in [6.45, 7) is 4.56. The molecule has 106 valence electrons. The standard InChI is InChI=1S/C12H21N5OS/c1-4-8-7-17(6-5-16(8)3)11(18)9-10(13)15-12(14-2)19-9/h8H,4-7,13H2,1-3H3,(H,14,15). The monoisotopic (exact) mass is 283 g/mol. The summed E-state index contributed by atoms with van der Waals surface area (Å²) in [6, 6.07) is 0.426. The minimum Gasteiger partial charge on any atom is -0.382 e. The normalized spacial score (nSPS) is 20.6. The molecule has 0 aliphatic carbocycles. The van der Waals surface area contributed by atoms with Crippen LogP contribution in [0.1, 0.15) is 23.0 Å². The topological polar surface area (TPSA) is 74.5 Å². The highest BCUT2D eigenvalue weighted by atomic mass is 32.1. The third kappa shape index (κ3) is 2.82. The summed E-state index contributed by atoms with van der Waals surface area (Å²) in [5.74, 6) is 0.328. The van der Waals surface area contributed by atoms with Gasteiger partial charge in [0.25, 0.3) is 5.91 Å². The van der Waals surface area contributed by atoms with Crippen molar-refractivity contribution < 1.29 is 4.79 Å². The van der Waals surface area contributed by atoms with Crippen molar-refractivity contribution in [2.24, 2.45) is 0 Å². The fourth-order valence-electron chi connectivity index (χ4n) is 2.31. The third-order valence-electron chi connectivity index (χ3n) is 3.60. The average molecular weight is 283 g/mol. The number of nitrogens with zero attached hydrogens (tertiary/aromatic N) is 3. The lowest BCUT2D eigenvalue weighted by atomic mass is 10.1. The molecule has 1 aromatic heterocycles. The molecule has 1 amide bonds. The number of hydrogen-bond donors (Lipinski definition) is 2. The van der Waals surface area contributed by atoms with Gasteiger partial charge in [0.2, 0.25) is 0 Å². The molecule has 0 aromatic carbocycles. The van der Waals surface area contributed by atoms with Crippen molar-refractivity contribution in [2.45, 2.75) is 19.4 Å². The highest BCUT2D eigenvalue weighted by Gasteiger charge is 2.29. The van der Waals surface area contributed by atoms with Crippen LogP contribution in [0.5, 0.6) is 0 Å². The van der Waals surface area contributed by atoms with Gasteiger partial charge >= 0.3 is 0 Å². The average Bonchev–Trinajstić information content (AvgIpc) is 2.80. The molecule has 0 spiro atoms. The number of carbonyl (C=O) groups is 1. The van der Waals surface area contributed by atoms with Gasteiger partial charge in [0.1, 0.15) is 10.7 Å². The van der Waals surface area contributed by atoms with Gasteiger partial charge in [0, 0.05) is 32.7 Å². The zero-order chi connectivity index (χ0) is 14.0. The number of likely N-dealkylation sites (N-methyl/N-ethyl adjacent to an activating group) is 1. The van der Waals surface area contributed by atoms with Crippen LogP contribution in [0.3, 0.4) is 0 Å². The van der Waals surface area contributed by atoms with Gasteiger partial charge in [0.15, 0.2) is 5.13 Å². The maximum Gasteiger partial charge on any atom is 0.267 e. The van der Waals surface area contributed by atoms with Gasteiger partial charge in [-0.05, 0) is 13.5 Å². The molecule has 6 nitrogen and oxygen atoms in total. The second kappa shape index (κ2) is 5.75. The van der Waals surface area contributed by atoms with Crippen LogP contribution in [-0.2, 0) is 0 Å². The highest BCUT2D eigenvalue weighted by Crippen LogP contribution is 2.26. The summed E-state index contributed by atoms with van der Waals surface area (Å²) >= 11 is 1.32. The predicted molar refractivity (Wildman–Crippen MR) is 78.7 cm³/mol. The predicted octanol–water partition coefficient (Wildman–Crippen LogP) is 0.933. The van der Waals surface area contributed by atoms with E-state index in [1.54, 1.807) is 7.05 Å². The Morgan fingerprint density at radius 1 is 1.58 bits per heavy atom. The van der Waals surface area contributed by atoms with E-state index in [-0.39, 0.29) is 5.91 Å². The van der Waals surface area contributed by atoms with Crippen LogP contribution in [0, 0.1) is 0 Å².